The summed E-state index contributed by atoms with van der Waals surface area (Å²) < 4.78 is 80.6. The van der Waals surface area contributed by atoms with Crippen molar-refractivity contribution in [1.29, 1.82) is 0 Å². The minimum absolute atomic E-state index is 0.236. The van der Waals surface area contributed by atoms with Crippen LogP contribution in [0.15, 0.2) is 90.4 Å². The van der Waals surface area contributed by atoms with Crippen LogP contribution in [0, 0.1) is 5.82 Å². The van der Waals surface area contributed by atoms with Gasteiger partial charge in [0.05, 0.1) is 0 Å². The largest absolute Gasteiger partial charge is 0.534 e. The molecule has 12 heteroatoms. The highest BCUT2D eigenvalue weighted by atomic mass is 32.2. The Hall–Kier alpha value is -4.32. The number of rotatable bonds is 5. The first kappa shape index (κ1) is 25.3. The summed E-state index contributed by atoms with van der Waals surface area (Å²) in [5.41, 5.74) is -3.44. The molecule has 1 atom stereocenters. The fourth-order valence-corrected chi connectivity index (χ4v) is 4.94. The van der Waals surface area contributed by atoms with Crippen LogP contribution in [0.25, 0.3) is 11.1 Å². The zero-order valence-electron chi connectivity index (χ0n) is 19.6. The van der Waals surface area contributed by atoms with E-state index >= 15 is 0 Å². The lowest BCUT2D eigenvalue weighted by Crippen LogP contribution is -2.42. The minimum atomic E-state index is -5.84. The molecule has 2 heterocycles. The highest BCUT2D eigenvalue weighted by molar-refractivity contribution is 7.88. The molecule has 0 saturated carbocycles. The van der Waals surface area contributed by atoms with Gasteiger partial charge >= 0.3 is 15.6 Å². The van der Waals surface area contributed by atoms with Crippen molar-refractivity contribution in [2.24, 2.45) is 4.99 Å². The Labute approximate surface area is 215 Å². The highest BCUT2D eigenvalue weighted by Gasteiger charge is 2.49. The first-order chi connectivity index (χ1) is 18.1. The van der Waals surface area contributed by atoms with Crippen molar-refractivity contribution in [1.82, 2.24) is 15.3 Å². The van der Waals surface area contributed by atoms with Gasteiger partial charge in [-0.15, -0.1) is 0 Å². The first-order valence-corrected chi connectivity index (χ1v) is 12.5. The molecule has 194 valence electrons. The van der Waals surface area contributed by atoms with Gasteiger partial charge in [0, 0.05) is 36.1 Å². The summed E-state index contributed by atoms with van der Waals surface area (Å²) in [6.45, 7) is 0. The molecule has 3 aromatic carbocycles. The van der Waals surface area contributed by atoms with Crippen LogP contribution < -0.4 is 9.50 Å². The molecule has 1 unspecified atom stereocenters. The molecular formula is C26H18F4N4O3S. The predicted octanol–water partition coefficient (Wildman–Crippen LogP) is 4.78. The van der Waals surface area contributed by atoms with E-state index < -0.39 is 32.7 Å². The number of benzene rings is 3. The zero-order chi connectivity index (χ0) is 27.1. The molecular weight excluding hydrogens is 524 g/mol. The van der Waals surface area contributed by atoms with Crippen LogP contribution in [0.2, 0.25) is 0 Å². The number of amidine groups is 1. The van der Waals surface area contributed by atoms with E-state index in [0.29, 0.717) is 22.5 Å². The van der Waals surface area contributed by atoms with E-state index in [-0.39, 0.29) is 5.56 Å². The van der Waals surface area contributed by atoms with Crippen molar-refractivity contribution < 1.29 is 30.2 Å². The Kier molecular flexibility index (Phi) is 6.14. The van der Waals surface area contributed by atoms with Crippen LogP contribution in [0.4, 0.5) is 17.6 Å². The van der Waals surface area contributed by atoms with Crippen molar-refractivity contribution in [3.05, 3.63) is 114 Å². The van der Waals surface area contributed by atoms with E-state index in [0.717, 1.165) is 23.3 Å². The Bertz CT molecular complexity index is 1640. The molecule has 1 aliphatic heterocycles. The third-order valence-electron chi connectivity index (χ3n) is 6.16. The Morgan fingerprint density at radius 3 is 2.24 bits per heavy atom. The number of halogens is 4. The van der Waals surface area contributed by atoms with Crippen molar-refractivity contribution >= 4 is 16.0 Å². The summed E-state index contributed by atoms with van der Waals surface area (Å²) in [6, 6.07) is 17.0. The van der Waals surface area contributed by atoms with Gasteiger partial charge in [0.15, 0.2) is 0 Å². The second-order valence-corrected chi connectivity index (χ2v) is 9.86. The summed E-state index contributed by atoms with van der Waals surface area (Å²) in [5.74, 6) is -0.483. The van der Waals surface area contributed by atoms with Gasteiger partial charge in [-0.3, -0.25) is 4.99 Å². The number of aromatic nitrogens is 2. The van der Waals surface area contributed by atoms with Gasteiger partial charge in [-0.25, -0.2) is 14.4 Å². The lowest BCUT2D eigenvalue weighted by molar-refractivity contribution is -0.0500. The molecule has 0 saturated heterocycles. The van der Waals surface area contributed by atoms with Crippen LogP contribution in [0.1, 0.15) is 22.3 Å². The molecule has 1 aromatic heterocycles. The van der Waals surface area contributed by atoms with Gasteiger partial charge in [-0.05, 0) is 41.0 Å². The van der Waals surface area contributed by atoms with Crippen LogP contribution in [0.5, 0.6) is 5.75 Å². The number of fused-ring (bicyclic) bond motifs is 1. The van der Waals surface area contributed by atoms with Gasteiger partial charge in [0.2, 0.25) is 0 Å². The third kappa shape index (κ3) is 4.16. The number of hydrogen-bond donors (Lipinski definition) is 1. The van der Waals surface area contributed by atoms with Crippen LogP contribution in [0.3, 0.4) is 0 Å². The van der Waals surface area contributed by atoms with Gasteiger partial charge in [0.25, 0.3) is 0 Å². The van der Waals surface area contributed by atoms with E-state index in [2.05, 4.69) is 24.5 Å². The van der Waals surface area contributed by atoms with Crippen LogP contribution >= 0.6 is 0 Å². The highest BCUT2D eigenvalue weighted by Crippen LogP contribution is 2.44. The average molecular weight is 543 g/mol. The summed E-state index contributed by atoms with van der Waals surface area (Å²) in [5, 5.41) is 3.40. The molecule has 0 radical (unpaired) electrons. The second kappa shape index (κ2) is 9.21. The molecule has 0 aliphatic carbocycles. The normalized spacial score (nSPS) is 18.2. The zero-order valence-corrected chi connectivity index (χ0v) is 20.4. The number of alkyl halides is 3. The van der Waals surface area contributed by atoms with E-state index in [1.54, 1.807) is 19.2 Å². The maximum absolute atomic E-state index is 15.0. The van der Waals surface area contributed by atoms with Gasteiger partial charge < -0.3 is 9.50 Å². The van der Waals surface area contributed by atoms with E-state index in [1.807, 2.05) is 24.3 Å². The topological polar surface area (TPSA) is 93.5 Å². The lowest BCUT2D eigenvalue weighted by atomic mass is 9.77. The van der Waals surface area contributed by atoms with Crippen molar-refractivity contribution in [3.63, 3.8) is 0 Å². The third-order valence-corrected chi connectivity index (χ3v) is 7.14. The molecule has 38 heavy (non-hydrogen) atoms. The van der Waals surface area contributed by atoms with E-state index in [1.165, 1.54) is 36.9 Å². The molecule has 7 nitrogen and oxygen atoms in total. The second-order valence-electron chi connectivity index (χ2n) is 8.32. The Balaban J connectivity index is 1.70. The predicted molar refractivity (Wildman–Crippen MR) is 131 cm³/mol. The molecule has 0 spiro atoms. The SMILES string of the molecule is CN=C1NC(c2ccc(OS(=O)(=O)C(F)(F)F)cc2)(c2ccc(F)c(-c3cncnc3)c2)c2ccccc21. The lowest BCUT2D eigenvalue weighted by Gasteiger charge is -2.33. The van der Waals surface area contributed by atoms with Crippen LogP contribution in [-0.2, 0) is 15.7 Å². The first-order valence-electron chi connectivity index (χ1n) is 11.1. The molecule has 1 N–H and O–H groups in total. The number of nitrogens with zero attached hydrogens (tertiary/aromatic N) is 3. The molecule has 0 fully saturated rings. The van der Waals surface area contributed by atoms with Gasteiger partial charge in [0.1, 0.15) is 29.3 Å². The van der Waals surface area contributed by atoms with Crippen LogP contribution in [-0.4, -0.2) is 36.8 Å². The van der Waals surface area contributed by atoms with Crippen molar-refractivity contribution in [2.45, 2.75) is 11.0 Å². The van der Waals surface area contributed by atoms with E-state index in [9.17, 15) is 26.0 Å². The average Bonchev–Trinajstić information content (AvgIpc) is 3.24. The summed E-state index contributed by atoms with van der Waals surface area (Å²) in [4.78, 5) is 12.3. The molecule has 0 amide bonds. The van der Waals surface area contributed by atoms with Crippen molar-refractivity contribution in [2.75, 3.05) is 7.05 Å². The summed E-state index contributed by atoms with van der Waals surface area (Å²) >= 11 is 0. The number of hydrogen-bond acceptors (Lipinski definition) is 6. The van der Waals surface area contributed by atoms with Gasteiger partial charge in [-0.2, -0.15) is 21.6 Å². The quantitative estimate of drug-likeness (QED) is 0.222. The molecule has 4 aromatic rings. The summed E-state index contributed by atoms with van der Waals surface area (Å²) in [7, 11) is -4.24. The Morgan fingerprint density at radius 1 is 0.921 bits per heavy atom. The maximum Gasteiger partial charge on any atom is 0.534 e. The fraction of sp³-hybridized carbons (Fsp3) is 0.115. The number of aliphatic imine (C=N–C) groups is 1. The molecule has 0 bridgehead atoms. The fourth-order valence-electron chi connectivity index (χ4n) is 4.48. The smallest absolute Gasteiger partial charge is 0.376 e. The summed E-state index contributed by atoms with van der Waals surface area (Å²) in [6.07, 6.45) is 4.28. The van der Waals surface area contributed by atoms with Gasteiger partial charge in [-0.1, -0.05) is 42.5 Å². The molecule has 1 aliphatic rings. The molecule has 5 rings (SSSR count). The van der Waals surface area contributed by atoms with Crippen molar-refractivity contribution in [3.8, 4) is 16.9 Å². The Morgan fingerprint density at radius 2 is 1.58 bits per heavy atom. The number of nitrogens with one attached hydrogen (secondary N) is 1. The minimum Gasteiger partial charge on any atom is -0.376 e. The maximum atomic E-state index is 15.0. The standard InChI is InChI=1S/C26H18F4N4O3S/c1-31-24-20-4-2-3-5-22(20)25(34-24,17-6-9-19(10-7-17)37-38(35,36)26(28,29)30)18-8-11-23(27)21(12-18)16-13-32-15-33-14-16/h2-15H,1H3,(H,31,34). The monoisotopic (exact) mass is 542 g/mol. The van der Waals surface area contributed by atoms with E-state index in [4.69, 9.17) is 0 Å².